The van der Waals surface area contributed by atoms with Crippen molar-refractivity contribution >= 4 is 40.7 Å². The normalized spacial score (nSPS) is 23.0. The van der Waals surface area contributed by atoms with Gasteiger partial charge in [-0.05, 0) is 62.6 Å². The molecule has 2 atom stereocenters. The van der Waals surface area contributed by atoms with Crippen LogP contribution >= 0.6 is 11.6 Å². The van der Waals surface area contributed by atoms with Gasteiger partial charge in [0, 0.05) is 18.3 Å². The van der Waals surface area contributed by atoms with Crippen LogP contribution in [-0.2, 0) is 19.9 Å². The molecule has 2 heterocycles. The van der Waals surface area contributed by atoms with Gasteiger partial charge in [-0.25, -0.2) is 4.39 Å². The van der Waals surface area contributed by atoms with Crippen LogP contribution in [0.5, 0.6) is 0 Å². The zero-order valence-electron chi connectivity index (χ0n) is 19.9. The molecular weight excluding hydrogens is 489 g/mol. The second-order valence-electron chi connectivity index (χ2n) is 9.38. The number of benzene rings is 2. The van der Waals surface area contributed by atoms with E-state index in [4.69, 9.17) is 22.1 Å². The fraction of sp³-hybridized carbons (Fsp3) is 0.360. The summed E-state index contributed by atoms with van der Waals surface area (Å²) in [6.45, 7) is 4.46. The Morgan fingerprint density at radius 3 is 2.53 bits per heavy atom. The Morgan fingerprint density at radius 2 is 1.89 bits per heavy atom. The highest BCUT2D eigenvalue weighted by atomic mass is 35.5. The van der Waals surface area contributed by atoms with E-state index in [2.05, 4.69) is 20.9 Å². The molecule has 11 heteroatoms. The third kappa shape index (κ3) is 5.11. The van der Waals surface area contributed by atoms with Gasteiger partial charge in [-0.1, -0.05) is 23.7 Å². The molecule has 0 aromatic heterocycles. The Balaban J connectivity index is 1.53. The maximum Gasteiger partial charge on any atom is 0.268 e. The number of nitrogens with two attached hydrogens (primary N) is 1. The first-order valence-electron chi connectivity index (χ1n) is 11.4. The van der Waals surface area contributed by atoms with E-state index in [1.165, 1.54) is 6.07 Å². The summed E-state index contributed by atoms with van der Waals surface area (Å²) in [4.78, 5) is 42.7. The van der Waals surface area contributed by atoms with Crippen molar-refractivity contribution in [2.45, 2.75) is 43.9 Å². The molecule has 2 aliphatic rings. The molecule has 0 saturated carbocycles. The van der Waals surface area contributed by atoms with Crippen LogP contribution < -0.4 is 21.7 Å². The van der Waals surface area contributed by atoms with Crippen molar-refractivity contribution in [1.82, 2.24) is 10.6 Å². The number of nitrogens with one attached hydrogen (secondary N) is 3. The van der Waals surface area contributed by atoms with Gasteiger partial charge in [0.05, 0.1) is 22.9 Å². The first-order valence-corrected chi connectivity index (χ1v) is 11.8. The number of aliphatic imine (C=N–C) groups is 1. The van der Waals surface area contributed by atoms with Crippen molar-refractivity contribution in [3.05, 3.63) is 64.4 Å². The summed E-state index contributed by atoms with van der Waals surface area (Å²) in [7, 11) is 0. The zero-order valence-corrected chi connectivity index (χ0v) is 20.6. The Hall–Kier alpha value is -3.34. The Morgan fingerprint density at radius 1 is 1.17 bits per heavy atom. The molecule has 2 aromatic carbocycles. The summed E-state index contributed by atoms with van der Waals surface area (Å²) in [5, 5.41) is 8.58. The minimum absolute atomic E-state index is 0.0193. The molecule has 3 amide bonds. The summed E-state index contributed by atoms with van der Waals surface area (Å²) >= 11 is 5.97. The van der Waals surface area contributed by atoms with Gasteiger partial charge in [0.2, 0.25) is 5.91 Å². The minimum Gasteiger partial charge on any atom is -0.375 e. The second kappa shape index (κ2) is 9.96. The fourth-order valence-electron chi connectivity index (χ4n) is 4.55. The van der Waals surface area contributed by atoms with Crippen molar-refractivity contribution in [3.8, 4) is 0 Å². The molecule has 9 nitrogen and oxygen atoms in total. The van der Waals surface area contributed by atoms with Gasteiger partial charge in [-0.3, -0.25) is 24.7 Å². The molecule has 0 spiro atoms. The van der Waals surface area contributed by atoms with Crippen LogP contribution in [0.3, 0.4) is 0 Å². The monoisotopic (exact) mass is 515 g/mol. The van der Waals surface area contributed by atoms with Gasteiger partial charge in [0.15, 0.2) is 5.54 Å². The summed E-state index contributed by atoms with van der Waals surface area (Å²) in [5.41, 5.74) is 4.67. The molecule has 1 saturated heterocycles. The van der Waals surface area contributed by atoms with Crippen LogP contribution in [0.1, 0.15) is 42.6 Å². The average Bonchev–Trinajstić information content (AvgIpc) is 3.25. The van der Waals surface area contributed by atoms with Crippen molar-refractivity contribution < 1.29 is 23.5 Å². The molecule has 5 N–H and O–H groups in total. The number of hydrogen-bond donors (Lipinski definition) is 4. The minimum atomic E-state index is -1.63. The number of rotatable bonds is 6. The van der Waals surface area contributed by atoms with Gasteiger partial charge >= 0.3 is 0 Å². The quantitative estimate of drug-likeness (QED) is 0.469. The fourth-order valence-corrected chi connectivity index (χ4v) is 4.80. The summed E-state index contributed by atoms with van der Waals surface area (Å²) < 4.78 is 19.0. The lowest BCUT2D eigenvalue weighted by Crippen LogP contribution is -2.59. The lowest BCUT2D eigenvalue weighted by Gasteiger charge is -2.36. The van der Waals surface area contributed by atoms with Crippen LogP contribution in [0.2, 0.25) is 5.02 Å². The molecular formula is C25H27ClFN5O4. The van der Waals surface area contributed by atoms with Crippen molar-refractivity contribution in [1.29, 1.82) is 0 Å². The Labute approximate surface area is 212 Å². The van der Waals surface area contributed by atoms with Crippen molar-refractivity contribution in [2.75, 3.05) is 18.6 Å². The van der Waals surface area contributed by atoms with Gasteiger partial charge in [-0.15, -0.1) is 0 Å². The average molecular weight is 516 g/mol. The number of nitrogens with zero attached hydrogens (tertiary/aromatic N) is 1. The van der Waals surface area contributed by atoms with E-state index >= 15 is 0 Å². The number of anilines is 1. The van der Waals surface area contributed by atoms with Gasteiger partial charge in [0.1, 0.15) is 11.5 Å². The topological polar surface area (TPSA) is 135 Å². The molecule has 4 rings (SSSR count). The van der Waals surface area contributed by atoms with Crippen LogP contribution in [0.15, 0.2) is 47.5 Å². The van der Waals surface area contributed by atoms with Crippen LogP contribution in [-0.4, -0.2) is 48.4 Å². The van der Waals surface area contributed by atoms with Crippen molar-refractivity contribution in [3.63, 3.8) is 0 Å². The number of amides is 3. The number of carbonyl (C=O) groups excluding carboxylic acids is 3. The van der Waals surface area contributed by atoms with Crippen LogP contribution in [0, 0.1) is 5.82 Å². The first-order chi connectivity index (χ1) is 17.0. The molecule has 1 fully saturated rings. The lowest BCUT2D eigenvalue weighted by atomic mass is 9.84. The number of ether oxygens (including phenoxy) is 1. The Kier molecular flexibility index (Phi) is 7.12. The van der Waals surface area contributed by atoms with E-state index < -0.39 is 29.1 Å². The molecule has 0 aliphatic carbocycles. The van der Waals surface area contributed by atoms with Gasteiger partial charge in [-0.2, -0.15) is 0 Å². The predicted molar refractivity (Wildman–Crippen MR) is 133 cm³/mol. The van der Waals surface area contributed by atoms with Crippen LogP contribution in [0.4, 0.5) is 10.1 Å². The first kappa shape index (κ1) is 25.7. The van der Waals surface area contributed by atoms with E-state index in [1.807, 2.05) is 13.8 Å². The van der Waals surface area contributed by atoms with Gasteiger partial charge in [0.25, 0.3) is 11.8 Å². The number of halogens is 2. The summed E-state index contributed by atoms with van der Waals surface area (Å²) in [6, 6.07) is 9.61. The van der Waals surface area contributed by atoms with Gasteiger partial charge < -0.3 is 21.1 Å². The summed E-state index contributed by atoms with van der Waals surface area (Å²) in [6.07, 6.45) is 1.27. The largest absolute Gasteiger partial charge is 0.375 e. The Bertz CT molecular complexity index is 1230. The number of hydrogen-bond acceptors (Lipinski definition) is 6. The van der Waals surface area contributed by atoms with E-state index in [1.54, 1.807) is 24.3 Å². The van der Waals surface area contributed by atoms with E-state index in [0.717, 1.165) is 12.1 Å². The highest BCUT2D eigenvalue weighted by Crippen LogP contribution is 2.30. The molecule has 190 valence electrons. The highest BCUT2D eigenvalue weighted by Gasteiger charge is 2.50. The van der Waals surface area contributed by atoms with E-state index in [9.17, 15) is 18.8 Å². The third-order valence-corrected chi connectivity index (χ3v) is 6.62. The standard InChI is InChI=1S/C25H27ClFN5O4/c1-24(2)12-17(9-10-36-24)32-22(34)20-25(23(28)35,30-13-29-20)14-3-6-16(7-4-14)31-21(33)18-8-5-15(27)11-19(18)26/h3-8,11,17,30H,9-10,12-13H2,1-2H3,(H2,28,35)(H,31,33)(H,32,34). The van der Waals surface area contributed by atoms with E-state index in [-0.39, 0.29) is 34.6 Å². The molecule has 0 radical (unpaired) electrons. The smallest absolute Gasteiger partial charge is 0.268 e. The number of primary amides is 1. The maximum absolute atomic E-state index is 13.3. The van der Waals surface area contributed by atoms with Crippen LogP contribution in [0.25, 0.3) is 0 Å². The van der Waals surface area contributed by atoms with E-state index in [0.29, 0.717) is 30.7 Å². The maximum atomic E-state index is 13.3. The summed E-state index contributed by atoms with van der Waals surface area (Å²) in [5.74, 6) is -2.35. The molecule has 0 bridgehead atoms. The molecule has 2 unspecified atom stereocenters. The molecule has 2 aliphatic heterocycles. The number of carbonyl (C=O) groups is 3. The lowest BCUT2D eigenvalue weighted by molar-refractivity contribution is -0.124. The molecule has 36 heavy (non-hydrogen) atoms. The third-order valence-electron chi connectivity index (χ3n) is 6.31. The SMILES string of the molecule is CC1(C)CC(NC(=O)C2=NCNC2(C(N)=O)c2ccc(NC(=O)c3ccc(F)cc3Cl)cc2)CCO1. The predicted octanol–water partition coefficient (Wildman–Crippen LogP) is 2.49. The second-order valence-corrected chi connectivity index (χ2v) is 9.79. The molecule has 2 aromatic rings. The highest BCUT2D eigenvalue weighted by molar-refractivity contribution is 6.47. The zero-order chi connectivity index (χ0) is 26.1. The van der Waals surface area contributed by atoms with Crippen molar-refractivity contribution in [2.24, 2.45) is 10.7 Å².